The molecule has 0 amide bonds. The van der Waals surface area contributed by atoms with Gasteiger partial charge in [0.25, 0.3) is 5.56 Å². The van der Waals surface area contributed by atoms with E-state index in [1.807, 2.05) is 24.3 Å². The predicted molar refractivity (Wildman–Crippen MR) is 169 cm³/mol. The van der Waals surface area contributed by atoms with Gasteiger partial charge in [-0.15, -0.1) is 0 Å². The van der Waals surface area contributed by atoms with E-state index in [0.29, 0.717) is 19.4 Å². The summed E-state index contributed by atoms with van der Waals surface area (Å²) in [6.07, 6.45) is -3.41. The van der Waals surface area contributed by atoms with Crippen LogP contribution in [0.5, 0.6) is 5.75 Å². The summed E-state index contributed by atoms with van der Waals surface area (Å²) < 4.78 is 64.7. The fourth-order valence-electron chi connectivity index (χ4n) is 5.92. The average molecular weight is 674 g/mol. The van der Waals surface area contributed by atoms with Crippen molar-refractivity contribution in [1.29, 1.82) is 0 Å². The van der Waals surface area contributed by atoms with Crippen molar-refractivity contribution in [2.24, 2.45) is 0 Å². The highest BCUT2D eigenvalue weighted by molar-refractivity contribution is 6.34. The lowest BCUT2D eigenvalue weighted by Crippen LogP contribution is -2.45. The second kappa shape index (κ2) is 14.1. The Morgan fingerprint density at radius 2 is 1.79 bits per heavy atom. The van der Waals surface area contributed by atoms with Crippen LogP contribution >= 0.6 is 11.6 Å². The van der Waals surface area contributed by atoms with Gasteiger partial charge in [-0.2, -0.15) is 13.2 Å². The van der Waals surface area contributed by atoms with E-state index in [9.17, 15) is 27.6 Å². The van der Waals surface area contributed by atoms with Crippen molar-refractivity contribution in [2.45, 2.75) is 57.9 Å². The SMILES string of the molecule is Cc1c(-c2cccc(OCCCCC(=O)O)c2Cl)c(=O)n(CC2NCCc3ccccc32)c(=O)n1Cc1c(F)cccc1C(F)(F)F. The molecule has 5 rings (SSSR count). The molecule has 0 saturated carbocycles. The van der Waals surface area contributed by atoms with Gasteiger partial charge in [-0.1, -0.05) is 54.1 Å². The maximum Gasteiger partial charge on any atom is 0.416 e. The van der Waals surface area contributed by atoms with E-state index in [4.69, 9.17) is 21.4 Å². The normalized spacial score (nSPS) is 14.6. The molecule has 3 aromatic carbocycles. The van der Waals surface area contributed by atoms with Crippen molar-refractivity contribution in [3.8, 4) is 16.9 Å². The van der Waals surface area contributed by atoms with Crippen LogP contribution < -0.4 is 21.3 Å². The number of fused-ring (bicyclic) bond motifs is 1. The molecule has 0 bridgehead atoms. The minimum Gasteiger partial charge on any atom is -0.492 e. The Morgan fingerprint density at radius 1 is 1.04 bits per heavy atom. The minimum absolute atomic E-state index is 0.00913. The molecule has 0 aliphatic carbocycles. The molecule has 1 aliphatic rings. The third kappa shape index (κ3) is 7.28. The van der Waals surface area contributed by atoms with Crippen LogP contribution in [0.3, 0.4) is 0 Å². The van der Waals surface area contributed by atoms with Crippen molar-refractivity contribution in [3.05, 3.63) is 120 Å². The summed E-state index contributed by atoms with van der Waals surface area (Å²) in [5.41, 5.74) is -1.59. The summed E-state index contributed by atoms with van der Waals surface area (Å²) >= 11 is 6.75. The van der Waals surface area contributed by atoms with Crippen LogP contribution in [-0.4, -0.2) is 33.4 Å². The Kier molecular flexibility index (Phi) is 10.2. The van der Waals surface area contributed by atoms with E-state index in [0.717, 1.165) is 44.9 Å². The highest BCUT2D eigenvalue weighted by Crippen LogP contribution is 2.37. The molecule has 248 valence electrons. The van der Waals surface area contributed by atoms with Gasteiger partial charge in [0.2, 0.25) is 0 Å². The molecule has 1 aliphatic heterocycles. The first-order chi connectivity index (χ1) is 22.4. The highest BCUT2D eigenvalue weighted by atomic mass is 35.5. The Hall–Kier alpha value is -4.42. The molecule has 2 heterocycles. The van der Waals surface area contributed by atoms with E-state index < -0.39 is 52.9 Å². The van der Waals surface area contributed by atoms with Gasteiger partial charge in [0, 0.05) is 23.2 Å². The zero-order valence-corrected chi connectivity index (χ0v) is 26.1. The first-order valence-corrected chi connectivity index (χ1v) is 15.4. The number of carboxylic acid groups (broad SMARTS) is 1. The fourth-order valence-corrected chi connectivity index (χ4v) is 6.19. The maximum absolute atomic E-state index is 15.0. The summed E-state index contributed by atoms with van der Waals surface area (Å²) in [6.45, 7) is 1.17. The number of hydrogen-bond donors (Lipinski definition) is 2. The van der Waals surface area contributed by atoms with Gasteiger partial charge in [0.15, 0.2) is 0 Å². The number of benzene rings is 3. The summed E-state index contributed by atoms with van der Waals surface area (Å²) in [7, 11) is 0. The Morgan fingerprint density at radius 3 is 2.53 bits per heavy atom. The molecule has 0 radical (unpaired) electrons. The fraction of sp³-hybridized carbons (Fsp3) is 0.324. The van der Waals surface area contributed by atoms with Gasteiger partial charge in [-0.25, -0.2) is 9.18 Å². The average Bonchev–Trinajstić information content (AvgIpc) is 3.02. The number of nitrogens with zero attached hydrogens (tertiary/aromatic N) is 2. The standard InChI is InChI=1S/C34H32ClF4N3O5/c1-20-30(23-10-6-13-28(31(23)35)47-17-5-4-14-29(43)44)32(45)42(19-27-22-9-3-2-8-21(22)15-16-40-27)33(46)41(20)18-24-25(34(37,38)39)11-7-12-26(24)36/h2-3,6-13,27,40H,4-5,14-19H2,1H3,(H,43,44). The Bertz CT molecular complexity index is 1920. The number of rotatable bonds is 11. The zero-order chi connectivity index (χ0) is 33.9. The number of aliphatic carboxylic acids is 1. The number of hydrogen-bond acceptors (Lipinski definition) is 5. The lowest BCUT2D eigenvalue weighted by molar-refractivity contribution is -0.139. The van der Waals surface area contributed by atoms with Crippen LogP contribution in [0, 0.1) is 12.7 Å². The Balaban J connectivity index is 1.65. The summed E-state index contributed by atoms with van der Waals surface area (Å²) in [5, 5.41) is 12.2. The van der Waals surface area contributed by atoms with Crippen LogP contribution in [0.15, 0.2) is 70.3 Å². The quantitative estimate of drug-likeness (QED) is 0.142. The topological polar surface area (TPSA) is 103 Å². The van der Waals surface area contributed by atoms with Crippen molar-refractivity contribution in [2.75, 3.05) is 13.2 Å². The molecule has 47 heavy (non-hydrogen) atoms. The van der Waals surface area contributed by atoms with E-state index in [1.54, 1.807) is 12.1 Å². The monoisotopic (exact) mass is 673 g/mol. The molecule has 13 heteroatoms. The molecule has 8 nitrogen and oxygen atoms in total. The number of halogens is 5. The molecule has 0 spiro atoms. The molecule has 2 N–H and O–H groups in total. The largest absolute Gasteiger partial charge is 0.492 e. The van der Waals surface area contributed by atoms with Gasteiger partial charge in [-0.3, -0.25) is 18.7 Å². The maximum atomic E-state index is 15.0. The van der Waals surface area contributed by atoms with Gasteiger partial charge < -0.3 is 15.2 Å². The van der Waals surface area contributed by atoms with E-state index >= 15 is 4.39 Å². The lowest BCUT2D eigenvalue weighted by atomic mass is 9.94. The smallest absolute Gasteiger partial charge is 0.416 e. The summed E-state index contributed by atoms with van der Waals surface area (Å²) in [6, 6.07) is 14.3. The van der Waals surface area contributed by atoms with Gasteiger partial charge in [0.05, 0.1) is 41.9 Å². The second-order valence-electron chi connectivity index (χ2n) is 11.3. The number of carboxylic acids is 1. The first-order valence-electron chi connectivity index (χ1n) is 15.0. The molecule has 0 saturated heterocycles. The van der Waals surface area contributed by atoms with Crippen LogP contribution in [0.4, 0.5) is 17.6 Å². The number of aromatic nitrogens is 2. The highest BCUT2D eigenvalue weighted by Gasteiger charge is 2.35. The molecular formula is C34H32ClF4N3O5. The molecule has 1 atom stereocenters. The molecule has 0 fully saturated rings. The van der Waals surface area contributed by atoms with Crippen molar-refractivity contribution in [1.82, 2.24) is 14.5 Å². The number of ether oxygens (including phenoxy) is 1. The van der Waals surface area contributed by atoms with Gasteiger partial charge in [-0.05, 0) is 62.1 Å². The van der Waals surface area contributed by atoms with Crippen LogP contribution in [0.2, 0.25) is 5.02 Å². The molecule has 4 aromatic rings. The van der Waals surface area contributed by atoms with Crippen molar-refractivity contribution < 1.29 is 32.2 Å². The number of unbranched alkanes of at least 4 members (excludes halogenated alkanes) is 1. The number of nitrogens with one attached hydrogen (secondary N) is 1. The van der Waals surface area contributed by atoms with E-state index in [1.165, 1.54) is 13.0 Å². The molecule has 1 aromatic heterocycles. The van der Waals surface area contributed by atoms with E-state index in [2.05, 4.69) is 5.32 Å². The Labute approximate surface area is 272 Å². The van der Waals surface area contributed by atoms with E-state index in [-0.39, 0.29) is 47.2 Å². The third-order valence-corrected chi connectivity index (χ3v) is 8.67. The number of carbonyl (C=O) groups is 1. The van der Waals surface area contributed by atoms with Gasteiger partial charge >= 0.3 is 17.8 Å². The predicted octanol–water partition coefficient (Wildman–Crippen LogP) is 6.37. The van der Waals surface area contributed by atoms with Crippen molar-refractivity contribution >= 4 is 17.6 Å². The summed E-state index contributed by atoms with van der Waals surface area (Å²) in [4.78, 5) is 39.1. The third-order valence-electron chi connectivity index (χ3n) is 8.28. The second-order valence-corrected chi connectivity index (χ2v) is 11.7. The molecule has 1 unspecified atom stereocenters. The van der Waals surface area contributed by atoms with Crippen LogP contribution in [0.25, 0.3) is 11.1 Å². The first kappa shape index (κ1) is 33.9. The van der Waals surface area contributed by atoms with Gasteiger partial charge in [0.1, 0.15) is 11.6 Å². The lowest BCUT2D eigenvalue weighted by Gasteiger charge is -2.28. The minimum atomic E-state index is -4.90. The zero-order valence-electron chi connectivity index (χ0n) is 25.4. The van der Waals surface area contributed by atoms with Crippen LogP contribution in [0.1, 0.15) is 53.3 Å². The summed E-state index contributed by atoms with van der Waals surface area (Å²) in [5.74, 6) is -1.89. The van der Waals surface area contributed by atoms with Crippen molar-refractivity contribution in [3.63, 3.8) is 0 Å². The number of alkyl halides is 3. The van der Waals surface area contributed by atoms with Crippen LogP contribution in [-0.2, 0) is 30.5 Å². The molecular weight excluding hydrogens is 642 g/mol.